The van der Waals surface area contributed by atoms with Crippen molar-refractivity contribution in [2.75, 3.05) is 0 Å². The number of pyridine rings is 1. The van der Waals surface area contributed by atoms with Crippen LogP contribution in [-0.4, -0.2) is 22.8 Å². The van der Waals surface area contributed by atoms with E-state index in [0.717, 1.165) is 24.0 Å². The molecular formula is C23H21N3O2. The first-order valence-electron chi connectivity index (χ1n) is 9.39. The first kappa shape index (κ1) is 17.9. The molecule has 5 heteroatoms. The first-order chi connectivity index (χ1) is 13.7. The maximum Gasteiger partial charge on any atom is 0.270 e. The summed E-state index contributed by atoms with van der Waals surface area (Å²) in [6.07, 6.45) is 2.12. The van der Waals surface area contributed by atoms with Crippen LogP contribution in [0, 0.1) is 0 Å². The SMILES string of the molecule is O=C(NC1CC1)c1ccc(-c2cccc(C(=O)NCc3ccccc3)n2)cc1. The van der Waals surface area contributed by atoms with Crippen LogP contribution in [0.15, 0.2) is 72.8 Å². The Hall–Kier alpha value is -3.47. The number of hydrogen-bond acceptors (Lipinski definition) is 3. The van der Waals surface area contributed by atoms with Gasteiger partial charge in [0.15, 0.2) is 0 Å². The van der Waals surface area contributed by atoms with Crippen LogP contribution >= 0.6 is 0 Å². The lowest BCUT2D eigenvalue weighted by Crippen LogP contribution is -2.25. The quantitative estimate of drug-likeness (QED) is 0.696. The summed E-state index contributed by atoms with van der Waals surface area (Å²) in [6.45, 7) is 0.455. The number of amides is 2. The third-order valence-corrected chi connectivity index (χ3v) is 4.63. The Balaban J connectivity index is 1.44. The van der Waals surface area contributed by atoms with Gasteiger partial charge in [-0.1, -0.05) is 48.5 Å². The Bertz CT molecular complexity index is 980. The largest absolute Gasteiger partial charge is 0.349 e. The molecule has 1 fully saturated rings. The van der Waals surface area contributed by atoms with E-state index in [1.54, 1.807) is 18.2 Å². The minimum absolute atomic E-state index is 0.0453. The van der Waals surface area contributed by atoms with Gasteiger partial charge in [0.2, 0.25) is 0 Å². The standard InChI is InChI=1S/C23H21N3O2/c27-22(25-19-13-14-19)18-11-9-17(10-12-18)20-7-4-8-21(26-20)23(28)24-15-16-5-2-1-3-6-16/h1-12,19H,13-15H2,(H,24,28)(H,25,27). The van der Waals surface area contributed by atoms with Crippen LogP contribution in [0.25, 0.3) is 11.3 Å². The predicted molar refractivity (Wildman–Crippen MR) is 108 cm³/mol. The molecular weight excluding hydrogens is 350 g/mol. The van der Waals surface area contributed by atoms with Gasteiger partial charge in [-0.3, -0.25) is 9.59 Å². The molecule has 1 aliphatic carbocycles. The summed E-state index contributed by atoms with van der Waals surface area (Å²) in [5.41, 5.74) is 3.59. The van der Waals surface area contributed by atoms with Gasteiger partial charge in [0.05, 0.1) is 5.69 Å². The summed E-state index contributed by atoms with van der Waals surface area (Å²) in [5, 5.41) is 5.86. The molecule has 28 heavy (non-hydrogen) atoms. The Labute approximate surface area is 163 Å². The molecule has 0 atom stereocenters. The van der Waals surface area contributed by atoms with E-state index in [0.29, 0.717) is 29.5 Å². The van der Waals surface area contributed by atoms with Gasteiger partial charge in [-0.25, -0.2) is 4.98 Å². The van der Waals surface area contributed by atoms with E-state index in [4.69, 9.17) is 0 Å². The van der Waals surface area contributed by atoms with Crippen molar-refractivity contribution in [3.8, 4) is 11.3 Å². The Morgan fingerprint density at radius 1 is 0.857 bits per heavy atom. The average molecular weight is 371 g/mol. The molecule has 2 amide bonds. The normalized spacial score (nSPS) is 13.0. The lowest BCUT2D eigenvalue weighted by Gasteiger charge is -2.08. The van der Waals surface area contributed by atoms with Crippen molar-refractivity contribution in [3.05, 3.63) is 89.6 Å². The zero-order valence-electron chi connectivity index (χ0n) is 15.4. The van der Waals surface area contributed by atoms with Crippen LogP contribution in [0.4, 0.5) is 0 Å². The third-order valence-electron chi connectivity index (χ3n) is 4.63. The molecule has 1 aromatic heterocycles. The molecule has 1 heterocycles. The zero-order chi connectivity index (χ0) is 19.3. The Kier molecular flexibility index (Phi) is 5.15. The first-order valence-corrected chi connectivity index (χ1v) is 9.39. The summed E-state index contributed by atoms with van der Waals surface area (Å²) in [7, 11) is 0. The summed E-state index contributed by atoms with van der Waals surface area (Å²) in [5.74, 6) is -0.262. The third kappa shape index (κ3) is 4.43. The molecule has 1 saturated carbocycles. The molecule has 4 rings (SSSR count). The van der Waals surface area contributed by atoms with E-state index in [1.807, 2.05) is 54.6 Å². The number of nitrogens with zero attached hydrogens (tertiary/aromatic N) is 1. The average Bonchev–Trinajstić information content (AvgIpc) is 3.57. The fourth-order valence-electron chi connectivity index (χ4n) is 2.88. The number of hydrogen-bond donors (Lipinski definition) is 2. The highest BCUT2D eigenvalue weighted by atomic mass is 16.2. The van der Waals surface area contributed by atoms with Crippen LogP contribution in [0.2, 0.25) is 0 Å². The maximum atomic E-state index is 12.4. The van der Waals surface area contributed by atoms with E-state index in [9.17, 15) is 9.59 Å². The van der Waals surface area contributed by atoms with Crippen LogP contribution in [-0.2, 0) is 6.54 Å². The van der Waals surface area contributed by atoms with Crippen molar-refractivity contribution in [2.45, 2.75) is 25.4 Å². The summed E-state index contributed by atoms with van der Waals surface area (Å²) >= 11 is 0. The number of nitrogens with one attached hydrogen (secondary N) is 2. The summed E-state index contributed by atoms with van der Waals surface area (Å²) in [6, 6.07) is 22.7. The molecule has 0 unspecified atom stereocenters. The van der Waals surface area contributed by atoms with Gasteiger partial charge in [-0.2, -0.15) is 0 Å². The molecule has 0 radical (unpaired) electrons. The van der Waals surface area contributed by atoms with Gasteiger partial charge in [0, 0.05) is 23.7 Å². The van der Waals surface area contributed by atoms with Gasteiger partial charge < -0.3 is 10.6 Å². The van der Waals surface area contributed by atoms with Crippen molar-refractivity contribution in [2.24, 2.45) is 0 Å². The summed E-state index contributed by atoms with van der Waals surface area (Å²) < 4.78 is 0. The Morgan fingerprint density at radius 2 is 1.61 bits per heavy atom. The zero-order valence-corrected chi connectivity index (χ0v) is 15.4. The lowest BCUT2D eigenvalue weighted by atomic mass is 10.1. The number of rotatable bonds is 6. The van der Waals surface area contributed by atoms with E-state index < -0.39 is 0 Å². The lowest BCUT2D eigenvalue weighted by molar-refractivity contribution is 0.0940. The molecule has 1 aliphatic rings. The predicted octanol–water partition coefficient (Wildman–Crippen LogP) is 3.57. The minimum atomic E-state index is -0.217. The van der Waals surface area contributed by atoms with E-state index in [2.05, 4.69) is 15.6 Å². The van der Waals surface area contributed by atoms with E-state index in [-0.39, 0.29) is 11.8 Å². The molecule has 0 aliphatic heterocycles. The van der Waals surface area contributed by atoms with Crippen molar-refractivity contribution >= 4 is 11.8 Å². The smallest absolute Gasteiger partial charge is 0.270 e. The highest BCUT2D eigenvalue weighted by Crippen LogP contribution is 2.21. The fraction of sp³-hybridized carbons (Fsp3) is 0.174. The highest BCUT2D eigenvalue weighted by molar-refractivity contribution is 5.95. The second-order valence-electron chi connectivity index (χ2n) is 6.90. The number of aromatic nitrogens is 1. The van der Waals surface area contributed by atoms with Crippen molar-refractivity contribution < 1.29 is 9.59 Å². The van der Waals surface area contributed by atoms with Crippen molar-refractivity contribution in [1.82, 2.24) is 15.6 Å². The van der Waals surface area contributed by atoms with Crippen molar-refractivity contribution in [3.63, 3.8) is 0 Å². The van der Waals surface area contributed by atoms with Crippen molar-refractivity contribution in [1.29, 1.82) is 0 Å². The molecule has 0 spiro atoms. The molecule has 2 N–H and O–H groups in total. The highest BCUT2D eigenvalue weighted by Gasteiger charge is 2.23. The molecule has 140 valence electrons. The van der Waals surface area contributed by atoms with Crippen LogP contribution in [0.1, 0.15) is 39.3 Å². The second kappa shape index (κ2) is 8.05. The fourth-order valence-corrected chi connectivity index (χ4v) is 2.88. The number of carbonyl (C=O) groups excluding carboxylic acids is 2. The van der Waals surface area contributed by atoms with Crippen LogP contribution in [0.5, 0.6) is 0 Å². The van der Waals surface area contributed by atoms with E-state index in [1.165, 1.54) is 0 Å². The number of carbonyl (C=O) groups is 2. The molecule has 5 nitrogen and oxygen atoms in total. The summed E-state index contributed by atoms with van der Waals surface area (Å²) in [4.78, 5) is 29.0. The molecule has 0 bridgehead atoms. The second-order valence-corrected chi connectivity index (χ2v) is 6.90. The van der Waals surface area contributed by atoms with Gasteiger partial charge in [0.25, 0.3) is 11.8 Å². The molecule has 3 aromatic rings. The van der Waals surface area contributed by atoms with Gasteiger partial charge in [-0.15, -0.1) is 0 Å². The van der Waals surface area contributed by atoms with E-state index >= 15 is 0 Å². The van der Waals surface area contributed by atoms with Gasteiger partial charge >= 0.3 is 0 Å². The van der Waals surface area contributed by atoms with Crippen LogP contribution < -0.4 is 10.6 Å². The maximum absolute atomic E-state index is 12.4. The molecule has 0 saturated heterocycles. The topological polar surface area (TPSA) is 71.1 Å². The van der Waals surface area contributed by atoms with Gasteiger partial charge in [0.1, 0.15) is 5.69 Å². The molecule has 2 aromatic carbocycles. The Morgan fingerprint density at radius 3 is 2.32 bits per heavy atom. The van der Waals surface area contributed by atoms with Crippen LogP contribution in [0.3, 0.4) is 0 Å². The van der Waals surface area contributed by atoms with Gasteiger partial charge in [-0.05, 0) is 42.7 Å². The monoisotopic (exact) mass is 371 g/mol. The number of benzene rings is 2. The minimum Gasteiger partial charge on any atom is -0.349 e.